The van der Waals surface area contributed by atoms with E-state index < -0.39 is 0 Å². The smallest absolute Gasteiger partial charge is 0.255 e. The zero-order valence-electron chi connectivity index (χ0n) is 14.8. The molecule has 1 aromatic heterocycles. The van der Waals surface area contributed by atoms with Gasteiger partial charge in [0.15, 0.2) is 0 Å². The van der Waals surface area contributed by atoms with E-state index in [9.17, 15) is 4.79 Å². The zero-order chi connectivity index (χ0) is 18.7. The molecule has 1 saturated heterocycles. The summed E-state index contributed by atoms with van der Waals surface area (Å²) in [5.41, 5.74) is 1.58. The van der Waals surface area contributed by atoms with Crippen molar-refractivity contribution in [2.75, 3.05) is 38.2 Å². The number of carbonyl (C=O) groups excluding carboxylic acids is 1. The third-order valence-corrected chi connectivity index (χ3v) is 5.26. The molecule has 0 saturated carbocycles. The highest BCUT2D eigenvalue weighted by Gasteiger charge is 2.24. The van der Waals surface area contributed by atoms with E-state index >= 15 is 0 Å². The van der Waals surface area contributed by atoms with Crippen molar-refractivity contribution in [3.05, 3.63) is 57.7 Å². The number of anilines is 1. The highest BCUT2D eigenvalue weighted by Crippen LogP contribution is 2.30. The van der Waals surface area contributed by atoms with E-state index in [1.807, 2.05) is 31.2 Å². The lowest BCUT2D eigenvalue weighted by Gasteiger charge is -2.34. The molecular formula is C19H21Cl2N3O2. The molecule has 1 aliphatic heterocycles. The number of ether oxygens (including phenoxy) is 1. The number of carbonyl (C=O) groups is 1. The molecule has 1 atom stereocenters. The second-order valence-electron chi connectivity index (χ2n) is 6.20. The molecule has 26 heavy (non-hydrogen) atoms. The van der Waals surface area contributed by atoms with Gasteiger partial charge in [0, 0.05) is 32.9 Å². The van der Waals surface area contributed by atoms with Gasteiger partial charge in [0.25, 0.3) is 5.91 Å². The van der Waals surface area contributed by atoms with E-state index in [1.165, 1.54) is 0 Å². The molecule has 0 N–H and O–H groups in total. The number of amides is 1. The minimum atomic E-state index is -0.104. The molecule has 1 amide bonds. The second-order valence-corrected chi connectivity index (χ2v) is 7.02. The largest absolute Gasteiger partial charge is 0.370 e. The van der Waals surface area contributed by atoms with Crippen molar-refractivity contribution in [3.63, 3.8) is 0 Å². The lowest BCUT2D eigenvalue weighted by atomic mass is 10.1. The van der Waals surface area contributed by atoms with Crippen molar-refractivity contribution in [3.8, 4) is 0 Å². The Morgan fingerprint density at radius 2 is 2.12 bits per heavy atom. The van der Waals surface area contributed by atoms with Crippen LogP contribution in [0.15, 0.2) is 36.5 Å². The van der Waals surface area contributed by atoms with Gasteiger partial charge in [0.2, 0.25) is 0 Å². The number of pyridine rings is 1. The van der Waals surface area contributed by atoms with Crippen LogP contribution in [-0.2, 0) is 4.74 Å². The van der Waals surface area contributed by atoms with E-state index in [2.05, 4.69) is 9.88 Å². The number of halogens is 2. The fourth-order valence-corrected chi connectivity index (χ4v) is 3.14. The summed E-state index contributed by atoms with van der Waals surface area (Å²) in [4.78, 5) is 20.5. The molecule has 0 bridgehead atoms. The molecule has 5 nitrogen and oxygen atoms in total. The van der Waals surface area contributed by atoms with Crippen LogP contribution in [-0.4, -0.2) is 49.1 Å². The molecule has 0 radical (unpaired) electrons. The normalized spacial score (nSPS) is 17.2. The fourth-order valence-electron chi connectivity index (χ4n) is 2.84. The number of aromatic nitrogens is 1. The Morgan fingerprint density at radius 1 is 1.31 bits per heavy atom. The van der Waals surface area contributed by atoms with Gasteiger partial charge in [-0.15, -0.1) is 0 Å². The molecule has 1 fully saturated rings. The molecular weight excluding hydrogens is 373 g/mol. The van der Waals surface area contributed by atoms with Crippen LogP contribution < -0.4 is 4.90 Å². The van der Waals surface area contributed by atoms with Gasteiger partial charge in [0.1, 0.15) is 11.9 Å². The van der Waals surface area contributed by atoms with Gasteiger partial charge >= 0.3 is 0 Å². The van der Waals surface area contributed by atoms with Crippen molar-refractivity contribution in [2.45, 2.75) is 13.0 Å². The van der Waals surface area contributed by atoms with Crippen LogP contribution in [0.2, 0.25) is 10.0 Å². The van der Waals surface area contributed by atoms with E-state index in [4.69, 9.17) is 27.9 Å². The van der Waals surface area contributed by atoms with Crippen LogP contribution in [0.3, 0.4) is 0 Å². The summed E-state index contributed by atoms with van der Waals surface area (Å²) in [5, 5.41) is 1.05. The summed E-state index contributed by atoms with van der Waals surface area (Å²) in [6.45, 7) is 4.60. The second kappa shape index (κ2) is 8.25. The van der Waals surface area contributed by atoms with E-state index in [1.54, 1.807) is 24.2 Å². The summed E-state index contributed by atoms with van der Waals surface area (Å²) in [6.07, 6.45) is 1.53. The van der Waals surface area contributed by atoms with Crippen LogP contribution in [0.5, 0.6) is 0 Å². The molecule has 1 aliphatic rings. The first-order valence-electron chi connectivity index (χ1n) is 8.52. The molecule has 2 heterocycles. The predicted octanol–water partition coefficient (Wildman–Crippen LogP) is 4.06. The zero-order valence-corrected chi connectivity index (χ0v) is 16.3. The number of rotatable bonds is 4. The first-order valence-corrected chi connectivity index (χ1v) is 9.28. The predicted molar refractivity (Wildman–Crippen MR) is 104 cm³/mol. The van der Waals surface area contributed by atoms with Crippen molar-refractivity contribution >= 4 is 34.9 Å². The SMILES string of the molecule is CCN(C)C(=O)c1ccc(N2CCO[C@H](c3ccc(Cl)c(Cl)c3)C2)nc1. The number of nitrogens with zero attached hydrogens (tertiary/aromatic N) is 3. The summed E-state index contributed by atoms with van der Waals surface area (Å²) >= 11 is 12.1. The third-order valence-electron chi connectivity index (χ3n) is 4.52. The van der Waals surface area contributed by atoms with Crippen LogP contribution >= 0.6 is 23.2 Å². The van der Waals surface area contributed by atoms with Gasteiger partial charge in [-0.2, -0.15) is 0 Å². The quantitative estimate of drug-likeness (QED) is 0.785. The number of morpholine rings is 1. The van der Waals surface area contributed by atoms with Gasteiger partial charge in [0.05, 0.1) is 22.2 Å². The molecule has 7 heteroatoms. The Hall–Kier alpha value is -1.82. The Kier molecular flexibility index (Phi) is 6.01. The maximum absolute atomic E-state index is 12.2. The Balaban J connectivity index is 1.73. The molecule has 1 aromatic carbocycles. The first-order chi connectivity index (χ1) is 12.5. The summed E-state index contributed by atoms with van der Waals surface area (Å²) in [6, 6.07) is 9.25. The fraction of sp³-hybridized carbons (Fsp3) is 0.368. The van der Waals surface area contributed by atoms with Gasteiger partial charge in [-0.1, -0.05) is 29.3 Å². The van der Waals surface area contributed by atoms with Crippen LogP contribution in [0.1, 0.15) is 28.9 Å². The van der Waals surface area contributed by atoms with Crippen LogP contribution in [0, 0.1) is 0 Å². The minimum Gasteiger partial charge on any atom is -0.370 e. The molecule has 3 rings (SSSR count). The monoisotopic (exact) mass is 393 g/mol. The van der Waals surface area contributed by atoms with E-state index in [0.29, 0.717) is 35.3 Å². The topological polar surface area (TPSA) is 45.7 Å². The van der Waals surface area contributed by atoms with E-state index in [-0.39, 0.29) is 12.0 Å². The van der Waals surface area contributed by atoms with Crippen molar-refractivity contribution in [1.82, 2.24) is 9.88 Å². The Morgan fingerprint density at radius 3 is 2.77 bits per heavy atom. The Labute approximate surface area is 163 Å². The van der Waals surface area contributed by atoms with Gasteiger partial charge in [-0.05, 0) is 36.8 Å². The van der Waals surface area contributed by atoms with Crippen molar-refractivity contribution in [2.24, 2.45) is 0 Å². The van der Waals surface area contributed by atoms with Gasteiger partial charge in [-0.3, -0.25) is 4.79 Å². The highest BCUT2D eigenvalue weighted by atomic mass is 35.5. The molecule has 0 unspecified atom stereocenters. The van der Waals surface area contributed by atoms with Crippen LogP contribution in [0.4, 0.5) is 5.82 Å². The molecule has 2 aromatic rings. The molecule has 0 aliphatic carbocycles. The maximum Gasteiger partial charge on any atom is 0.255 e. The summed E-state index contributed by atoms with van der Waals surface area (Å²) < 4.78 is 5.89. The number of hydrogen-bond donors (Lipinski definition) is 0. The molecule has 0 spiro atoms. The highest BCUT2D eigenvalue weighted by molar-refractivity contribution is 6.42. The third kappa shape index (κ3) is 4.11. The summed E-state index contributed by atoms with van der Waals surface area (Å²) in [5.74, 6) is 0.802. The molecule has 138 valence electrons. The standard InChI is InChI=1S/C19H21Cl2N3O2/c1-3-23(2)19(25)14-5-7-18(22-11-14)24-8-9-26-17(12-24)13-4-6-15(20)16(21)10-13/h4-7,10-11,17H,3,8-9,12H2,1-2H3/t17-/m0/s1. The first kappa shape index (κ1) is 19.0. The lowest BCUT2D eigenvalue weighted by Crippen LogP contribution is -2.38. The van der Waals surface area contributed by atoms with E-state index in [0.717, 1.165) is 17.9 Å². The maximum atomic E-state index is 12.2. The average molecular weight is 394 g/mol. The van der Waals surface area contributed by atoms with Crippen molar-refractivity contribution in [1.29, 1.82) is 0 Å². The average Bonchev–Trinajstić information content (AvgIpc) is 2.69. The lowest BCUT2D eigenvalue weighted by molar-refractivity contribution is 0.0395. The number of hydrogen-bond acceptors (Lipinski definition) is 4. The summed E-state index contributed by atoms with van der Waals surface area (Å²) in [7, 11) is 1.78. The Bertz CT molecular complexity index is 783. The van der Waals surface area contributed by atoms with Gasteiger partial charge in [-0.25, -0.2) is 4.98 Å². The van der Waals surface area contributed by atoms with Gasteiger partial charge < -0.3 is 14.5 Å². The minimum absolute atomic E-state index is 0.0257. The van der Waals surface area contributed by atoms with Crippen molar-refractivity contribution < 1.29 is 9.53 Å². The van der Waals surface area contributed by atoms with Crippen LogP contribution in [0.25, 0.3) is 0 Å². The number of benzene rings is 1.